The van der Waals surface area contributed by atoms with Gasteiger partial charge >= 0.3 is 0 Å². The summed E-state index contributed by atoms with van der Waals surface area (Å²) in [6.45, 7) is 8.42. The van der Waals surface area contributed by atoms with Crippen LogP contribution in [0.15, 0.2) is 24.5 Å². The topological polar surface area (TPSA) is 34.8 Å². The van der Waals surface area contributed by atoms with Crippen molar-refractivity contribution in [2.24, 2.45) is 7.05 Å². The molecule has 0 spiro atoms. The van der Waals surface area contributed by atoms with Crippen LogP contribution in [-0.4, -0.2) is 20.9 Å². The highest BCUT2D eigenvalue weighted by Gasteiger charge is 2.10. The molecule has 0 fully saturated rings. The van der Waals surface area contributed by atoms with Crippen molar-refractivity contribution in [1.82, 2.24) is 19.7 Å². The quantitative estimate of drug-likeness (QED) is 0.842. The molecule has 0 aliphatic heterocycles. The van der Waals surface area contributed by atoms with E-state index in [0.29, 0.717) is 6.04 Å². The zero-order valence-electron chi connectivity index (χ0n) is 13.1. The molecule has 2 rings (SSSR count). The normalized spacial score (nSPS) is 12.8. The summed E-state index contributed by atoms with van der Waals surface area (Å²) >= 11 is 0. The predicted molar refractivity (Wildman–Crippen MR) is 82.8 cm³/mol. The molecule has 4 nitrogen and oxygen atoms in total. The minimum absolute atomic E-state index is 0.462. The molecule has 0 radical (unpaired) electrons. The molecule has 4 heteroatoms. The van der Waals surface area contributed by atoms with E-state index in [4.69, 9.17) is 0 Å². The maximum Gasteiger partial charge on any atom is 0.0639 e. The summed E-state index contributed by atoms with van der Waals surface area (Å²) in [5, 5.41) is 7.99. The van der Waals surface area contributed by atoms with Crippen molar-refractivity contribution in [3.05, 3.63) is 41.5 Å². The zero-order valence-corrected chi connectivity index (χ0v) is 13.1. The summed E-state index contributed by atoms with van der Waals surface area (Å²) in [6, 6.07) is 4.83. The van der Waals surface area contributed by atoms with Crippen molar-refractivity contribution >= 4 is 0 Å². The Kier molecular flexibility index (Phi) is 5.01. The fraction of sp³-hybridized carbons (Fsp3) is 0.562. The molecule has 1 unspecified atom stereocenters. The Bertz CT molecular complexity index is 538. The van der Waals surface area contributed by atoms with E-state index in [0.717, 1.165) is 25.2 Å². The predicted octanol–water partition coefficient (Wildman–Crippen LogP) is 3.03. The van der Waals surface area contributed by atoms with Gasteiger partial charge in [0.2, 0.25) is 0 Å². The van der Waals surface area contributed by atoms with Gasteiger partial charge in [-0.1, -0.05) is 13.8 Å². The molecule has 110 valence electrons. The van der Waals surface area contributed by atoms with Crippen molar-refractivity contribution in [3.63, 3.8) is 0 Å². The van der Waals surface area contributed by atoms with Gasteiger partial charge in [0.25, 0.3) is 0 Å². The molecule has 2 aromatic heterocycles. The minimum Gasteiger partial charge on any atom is -0.348 e. The lowest BCUT2D eigenvalue weighted by Gasteiger charge is -2.15. The zero-order chi connectivity index (χ0) is 14.5. The van der Waals surface area contributed by atoms with Crippen molar-refractivity contribution in [1.29, 1.82) is 0 Å². The molecule has 1 atom stereocenters. The molecule has 2 aromatic rings. The van der Waals surface area contributed by atoms with Gasteiger partial charge in [0, 0.05) is 25.5 Å². The molecule has 0 aliphatic rings. The van der Waals surface area contributed by atoms with Crippen LogP contribution < -0.4 is 5.32 Å². The van der Waals surface area contributed by atoms with Gasteiger partial charge in [-0.3, -0.25) is 4.68 Å². The lowest BCUT2D eigenvalue weighted by atomic mass is 10.1. The Morgan fingerprint density at radius 2 is 2.15 bits per heavy atom. The van der Waals surface area contributed by atoms with E-state index in [1.165, 1.54) is 17.7 Å². The second-order valence-electron chi connectivity index (χ2n) is 5.43. The molecule has 0 aromatic carbocycles. The first-order valence-corrected chi connectivity index (χ1v) is 7.52. The SMILES string of the molecule is CCCNC(CC)c1ccn(Cc2cc(C)nn2C)c1. The van der Waals surface area contributed by atoms with E-state index in [1.807, 2.05) is 18.7 Å². The largest absolute Gasteiger partial charge is 0.348 e. The first kappa shape index (κ1) is 14.9. The fourth-order valence-corrected chi connectivity index (χ4v) is 2.58. The third kappa shape index (κ3) is 3.51. The Morgan fingerprint density at radius 1 is 1.35 bits per heavy atom. The smallest absolute Gasteiger partial charge is 0.0639 e. The number of aryl methyl sites for hydroxylation is 2. The number of hydrogen-bond donors (Lipinski definition) is 1. The molecular weight excluding hydrogens is 248 g/mol. The number of rotatable bonds is 7. The van der Waals surface area contributed by atoms with Crippen LogP contribution in [0, 0.1) is 6.92 Å². The number of hydrogen-bond acceptors (Lipinski definition) is 2. The van der Waals surface area contributed by atoms with Crippen LogP contribution in [-0.2, 0) is 13.6 Å². The highest BCUT2D eigenvalue weighted by Crippen LogP contribution is 2.17. The number of nitrogens with zero attached hydrogens (tertiary/aromatic N) is 3. The van der Waals surface area contributed by atoms with Crippen LogP contribution in [0.2, 0.25) is 0 Å². The van der Waals surface area contributed by atoms with Gasteiger partial charge in [-0.15, -0.1) is 0 Å². The second kappa shape index (κ2) is 6.75. The van der Waals surface area contributed by atoms with E-state index < -0.39 is 0 Å². The van der Waals surface area contributed by atoms with Gasteiger partial charge in [-0.25, -0.2) is 0 Å². The Labute approximate surface area is 121 Å². The highest BCUT2D eigenvalue weighted by atomic mass is 15.3. The highest BCUT2D eigenvalue weighted by molar-refractivity contribution is 5.17. The standard InChI is InChI=1S/C16H26N4/c1-5-8-17-16(6-2)14-7-9-20(11-14)12-15-10-13(3)18-19(15)4/h7,9-11,16-17H,5-6,8,12H2,1-4H3. The Morgan fingerprint density at radius 3 is 2.75 bits per heavy atom. The van der Waals surface area contributed by atoms with Crippen LogP contribution >= 0.6 is 0 Å². The molecule has 0 saturated heterocycles. The lowest BCUT2D eigenvalue weighted by Crippen LogP contribution is -2.21. The summed E-state index contributed by atoms with van der Waals surface area (Å²) in [5.74, 6) is 0. The summed E-state index contributed by atoms with van der Waals surface area (Å²) in [7, 11) is 2.00. The molecule has 0 aliphatic carbocycles. The van der Waals surface area contributed by atoms with E-state index in [9.17, 15) is 0 Å². The summed E-state index contributed by atoms with van der Waals surface area (Å²) < 4.78 is 4.20. The molecule has 0 amide bonds. The second-order valence-corrected chi connectivity index (χ2v) is 5.43. The van der Waals surface area contributed by atoms with Crippen molar-refractivity contribution < 1.29 is 0 Å². The van der Waals surface area contributed by atoms with Crippen LogP contribution in [0.3, 0.4) is 0 Å². The maximum absolute atomic E-state index is 4.40. The third-order valence-electron chi connectivity index (χ3n) is 3.67. The van der Waals surface area contributed by atoms with E-state index in [-0.39, 0.29) is 0 Å². The van der Waals surface area contributed by atoms with Crippen LogP contribution in [0.25, 0.3) is 0 Å². The molecule has 20 heavy (non-hydrogen) atoms. The van der Waals surface area contributed by atoms with Crippen LogP contribution in [0.1, 0.15) is 49.7 Å². The van der Waals surface area contributed by atoms with Crippen LogP contribution in [0.5, 0.6) is 0 Å². The Balaban J connectivity index is 2.06. The van der Waals surface area contributed by atoms with Gasteiger partial charge in [-0.2, -0.15) is 5.10 Å². The van der Waals surface area contributed by atoms with Crippen molar-refractivity contribution in [2.75, 3.05) is 6.54 Å². The lowest BCUT2D eigenvalue weighted by molar-refractivity contribution is 0.517. The average Bonchev–Trinajstić information content (AvgIpc) is 2.99. The van der Waals surface area contributed by atoms with Gasteiger partial charge in [-0.05, 0) is 44.0 Å². The molecular formula is C16H26N4. The van der Waals surface area contributed by atoms with Gasteiger partial charge in [0.05, 0.1) is 17.9 Å². The van der Waals surface area contributed by atoms with E-state index in [1.54, 1.807) is 0 Å². The molecule has 0 bridgehead atoms. The van der Waals surface area contributed by atoms with Gasteiger partial charge < -0.3 is 9.88 Å². The molecule has 0 saturated carbocycles. The first-order chi connectivity index (χ1) is 9.63. The van der Waals surface area contributed by atoms with Crippen molar-refractivity contribution in [2.45, 2.75) is 46.2 Å². The molecule has 2 heterocycles. The summed E-state index contributed by atoms with van der Waals surface area (Å²) in [6.07, 6.45) is 6.70. The minimum atomic E-state index is 0.462. The third-order valence-corrected chi connectivity index (χ3v) is 3.67. The van der Waals surface area contributed by atoms with E-state index >= 15 is 0 Å². The number of aromatic nitrogens is 3. The van der Waals surface area contributed by atoms with E-state index in [2.05, 4.69) is 53.4 Å². The summed E-state index contributed by atoms with van der Waals surface area (Å²) in [5.41, 5.74) is 3.69. The monoisotopic (exact) mass is 274 g/mol. The summed E-state index contributed by atoms with van der Waals surface area (Å²) in [4.78, 5) is 0. The van der Waals surface area contributed by atoms with Gasteiger partial charge in [0.15, 0.2) is 0 Å². The maximum atomic E-state index is 4.40. The number of nitrogens with one attached hydrogen (secondary N) is 1. The Hall–Kier alpha value is -1.55. The first-order valence-electron chi connectivity index (χ1n) is 7.52. The van der Waals surface area contributed by atoms with Gasteiger partial charge in [0.1, 0.15) is 0 Å². The molecule has 1 N–H and O–H groups in total. The average molecular weight is 274 g/mol. The fourth-order valence-electron chi connectivity index (χ4n) is 2.58. The van der Waals surface area contributed by atoms with Crippen LogP contribution in [0.4, 0.5) is 0 Å². The van der Waals surface area contributed by atoms with Crippen molar-refractivity contribution in [3.8, 4) is 0 Å².